The van der Waals surface area contributed by atoms with Crippen LogP contribution >= 0.6 is 15.9 Å². The van der Waals surface area contributed by atoms with E-state index in [0.29, 0.717) is 30.3 Å². The molecule has 0 unspecified atom stereocenters. The summed E-state index contributed by atoms with van der Waals surface area (Å²) in [6, 6.07) is 3.66. The zero-order valence-electron chi connectivity index (χ0n) is 13.3. The number of hydrogen-bond donors (Lipinski definition) is 1. The minimum absolute atomic E-state index is 0.356. The predicted octanol–water partition coefficient (Wildman–Crippen LogP) is 1.73. The van der Waals surface area contributed by atoms with Crippen molar-refractivity contribution in [3.63, 3.8) is 0 Å². The summed E-state index contributed by atoms with van der Waals surface area (Å²) in [4.78, 5) is 37.7. The first kappa shape index (κ1) is 17.0. The summed E-state index contributed by atoms with van der Waals surface area (Å²) in [5, 5.41) is 3.12. The van der Waals surface area contributed by atoms with E-state index in [1.165, 1.54) is 12.0 Å². The largest absolute Gasteiger partial charge is 0.466 e. The average Bonchev–Trinajstić information content (AvgIpc) is 3.10. The van der Waals surface area contributed by atoms with E-state index in [1.54, 1.807) is 12.4 Å². The third-order valence-corrected chi connectivity index (χ3v) is 4.30. The number of rotatable bonds is 3. The van der Waals surface area contributed by atoms with Crippen LogP contribution in [0.25, 0.3) is 11.0 Å². The standard InChI is InChI=1S/C16H14BrN5O3/c1-25-13(24)5-4-12(23)22-9-8-20-16(22)21-10-2-3-11-15(14(10)17)19-7-6-18-11/h2-7H,8-9H2,1H3,(H,20,21)/b5-4+. The van der Waals surface area contributed by atoms with Crippen molar-refractivity contribution in [2.24, 2.45) is 4.99 Å². The molecular weight excluding hydrogens is 390 g/mol. The lowest BCUT2D eigenvalue weighted by molar-refractivity contribution is -0.135. The second-order valence-electron chi connectivity index (χ2n) is 5.03. The molecule has 0 bridgehead atoms. The highest BCUT2D eigenvalue weighted by molar-refractivity contribution is 9.10. The van der Waals surface area contributed by atoms with E-state index in [-0.39, 0.29) is 5.91 Å². The molecule has 2 heterocycles. The van der Waals surface area contributed by atoms with E-state index >= 15 is 0 Å². The number of esters is 1. The molecule has 1 aromatic carbocycles. The first-order valence-corrected chi connectivity index (χ1v) is 8.17. The number of nitrogens with zero attached hydrogens (tertiary/aromatic N) is 4. The molecule has 0 fully saturated rings. The van der Waals surface area contributed by atoms with E-state index in [1.807, 2.05) is 12.1 Å². The van der Waals surface area contributed by atoms with Crippen LogP contribution in [0.2, 0.25) is 0 Å². The number of carbonyl (C=O) groups excluding carboxylic acids is 2. The normalized spacial score (nSPS) is 14.0. The maximum absolute atomic E-state index is 12.2. The molecule has 1 aromatic heterocycles. The minimum Gasteiger partial charge on any atom is -0.466 e. The molecule has 2 aromatic rings. The van der Waals surface area contributed by atoms with Crippen LogP contribution in [0.5, 0.6) is 0 Å². The van der Waals surface area contributed by atoms with Crippen LogP contribution in [0, 0.1) is 0 Å². The molecule has 8 nitrogen and oxygen atoms in total. The van der Waals surface area contributed by atoms with Gasteiger partial charge in [-0.3, -0.25) is 24.7 Å². The summed E-state index contributed by atoms with van der Waals surface area (Å²) in [6.07, 6.45) is 5.48. The molecule has 1 aliphatic heterocycles. The van der Waals surface area contributed by atoms with Gasteiger partial charge in [-0.05, 0) is 28.1 Å². The van der Waals surface area contributed by atoms with E-state index in [2.05, 4.69) is 40.9 Å². The van der Waals surface area contributed by atoms with E-state index in [9.17, 15) is 9.59 Å². The molecule has 0 saturated heterocycles. The summed E-state index contributed by atoms with van der Waals surface area (Å²) >= 11 is 3.51. The molecule has 3 rings (SSSR count). The van der Waals surface area contributed by atoms with Crippen LogP contribution in [0.1, 0.15) is 0 Å². The Hall–Kier alpha value is -2.81. The minimum atomic E-state index is -0.588. The Balaban J connectivity index is 1.80. The Morgan fingerprint density at radius 2 is 2.08 bits per heavy atom. The van der Waals surface area contributed by atoms with Crippen molar-refractivity contribution < 1.29 is 14.3 Å². The maximum Gasteiger partial charge on any atom is 0.330 e. The molecule has 1 amide bonds. The smallest absolute Gasteiger partial charge is 0.330 e. The Kier molecular flexibility index (Phi) is 5.03. The van der Waals surface area contributed by atoms with Crippen LogP contribution in [0.15, 0.2) is 46.1 Å². The summed E-state index contributed by atoms with van der Waals surface area (Å²) < 4.78 is 5.21. The molecular formula is C16H14BrN5O3. The van der Waals surface area contributed by atoms with Crippen LogP contribution < -0.4 is 5.32 Å². The fraction of sp³-hybridized carbons (Fsp3) is 0.188. The van der Waals surface area contributed by atoms with E-state index in [4.69, 9.17) is 0 Å². The number of benzene rings is 1. The second-order valence-corrected chi connectivity index (χ2v) is 5.82. The summed E-state index contributed by atoms with van der Waals surface area (Å²) in [5.74, 6) is -0.538. The predicted molar refractivity (Wildman–Crippen MR) is 96.0 cm³/mol. The number of anilines is 1. The Morgan fingerprint density at radius 1 is 1.28 bits per heavy atom. The number of nitrogens with one attached hydrogen (secondary N) is 1. The van der Waals surface area contributed by atoms with Gasteiger partial charge in [0.25, 0.3) is 5.91 Å². The molecule has 0 saturated carbocycles. The van der Waals surface area contributed by atoms with Gasteiger partial charge in [-0.15, -0.1) is 0 Å². The molecule has 1 aliphatic rings. The van der Waals surface area contributed by atoms with Crippen molar-refractivity contribution in [3.05, 3.63) is 41.2 Å². The topological polar surface area (TPSA) is 96.8 Å². The van der Waals surface area contributed by atoms with E-state index < -0.39 is 5.97 Å². The fourth-order valence-electron chi connectivity index (χ4n) is 2.29. The van der Waals surface area contributed by atoms with Crippen molar-refractivity contribution in [2.45, 2.75) is 0 Å². The SMILES string of the molecule is COC(=O)/C=C/C(=O)N1CCN=C1Nc1ccc2nccnc2c1Br. The van der Waals surface area contributed by atoms with Crippen LogP contribution in [-0.2, 0) is 14.3 Å². The van der Waals surface area contributed by atoms with Gasteiger partial charge in [-0.2, -0.15) is 0 Å². The van der Waals surface area contributed by atoms with Gasteiger partial charge >= 0.3 is 5.97 Å². The Morgan fingerprint density at radius 3 is 2.88 bits per heavy atom. The van der Waals surface area contributed by atoms with E-state index in [0.717, 1.165) is 22.1 Å². The fourth-order valence-corrected chi connectivity index (χ4v) is 2.82. The number of ether oxygens (including phenoxy) is 1. The Labute approximate surface area is 151 Å². The number of carbonyl (C=O) groups is 2. The van der Waals surface area contributed by atoms with Crippen molar-refractivity contribution >= 4 is 50.5 Å². The number of fused-ring (bicyclic) bond motifs is 1. The molecule has 0 spiro atoms. The molecule has 128 valence electrons. The maximum atomic E-state index is 12.2. The first-order valence-electron chi connectivity index (χ1n) is 7.38. The van der Waals surface area contributed by atoms with Crippen LogP contribution in [-0.4, -0.2) is 52.9 Å². The van der Waals surface area contributed by atoms with Gasteiger partial charge in [0.1, 0.15) is 5.52 Å². The lowest BCUT2D eigenvalue weighted by Gasteiger charge is -2.18. The van der Waals surface area contributed by atoms with Crippen molar-refractivity contribution in [1.82, 2.24) is 14.9 Å². The van der Waals surface area contributed by atoms with Gasteiger partial charge < -0.3 is 10.1 Å². The Bertz CT molecular complexity index is 896. The summed E-state index contributed by atoms with van der Waals surface area (Å²) in [5.41, 5.74) is 2.17. The summed E-state index contributed by atoms with van der Waals surface area (Å²) in [6.45, 7) is 0.906. The third kappa shape index (κ3) is 3.66. The lowest BCUT2D eigenvalue weighted by Crippen LogP contribution is -2.37. The monoisotopic (exact) mass is 403 g/mol. The number of aromatic nitrogens is 2. The van der Waals surface area contributed by atoms with Gasteiger partial charge in [0.05, 0.1) is 29.3 Å². The summed E-state index contributed by atoms with van der Waals surface area (Å²) in [7, 11) is 1.25. The zero-order valence-corrected chi connectivity index (χ0v) is 14.9. The number of hydrogen-bond acceptors (Lipinski definition) is 7. The number of halogens is 1. The highest BCUT2D eigenvalue weighted by atomic mass is 79.9. The number of aliphatic imine (C=N–C) groups is 1. The molecule has 0 aliphatic carbocycles. The second kappa shape index (κ2) is 7.39. The first-order chi connectivity index (χ1) is 12.1. The van der Waals surface area contributed by atoms with Crippen LogP contribution in [0.3, 0.4) is 0 Å². The molecule has 0 atom stereocenters. The number of guanidine groups is 1. The van der Waals surface area contributed by atoms with Gasteiger partial charge in [0.2, 0.25) is 5.96 Å². The van der Waals surface area contributed by atoms with Gasteiger partial charge in [0, 0.05) is 31.1 Å². The lowest BCUT2D eigenvalue weighted by atomic mass is 10.2. The number of amides is 1. The highest BCUT2D eigenvalue weighted by Crippen LogP contribution is 2.29. The molecule has 25 heavy (non-hydrogen) atoms. The highest BCUT2D eigenvalue weighted by Gasteiger charge is 2.23. The van der Waals surface area contributed by atoms with Gasteiger partial charge in [0.15, 0.2) is 0 Å². The number of methoxy groups -OCH3 is 1. The molecule has 0 radical (unpaired) electrons. The van der Waals surface area contributed by atoms with Crippen LogP contribution in [0.4, 0.5) is 5.69 Å². The third-order valence-electron chi connectivity index (χ3n) is 3.50. The van der Waals surface area contributed by atoms with Crippen molar-refractivity contribution in [3.8, 4) is 0 Å². The van der Waals surface area contributed by atoms with Crippen molar-refractivity contribution in [1.29, 1.82) is 0 Å². The molecule has 9 heteroatoms. The average molecular weight is 404 g/mol. The molecule has 1 N–H and O–H groups in total. The van der Waals surface area contributed by atoms with Gasteiger partial charge in [-0.25, -0.2) is 4.79 Å². The van der Waals surface area contributed by atoms with Gasteiger partial charge in [-0.1, -0.05) is 0 Å². The van der Waals surface area contributed by atoms with Crippen molar-refractivity contribution in [2.75, 3.05) is 25.5 Å². The quantitative estimate of drug-likeness (QED) is 0.618. The zero-order chi connectivity index (χ0) is 17.8.